The van der Waals surface area contributed by atoms with E-state index in [1.54, 1.807) is 6.07 Å². The number of aromatic carboxylic acids is 1. The van der Waals surface area contributed by atoms with Gasteiger partial charge in [0.15, 0.2) is 0 Å². The summed E-state index contributed by atoms with van der Waals surface area (Å²) in [5, 5.41) is 9.08. The van der Waals surface area contributed by atoms with Crippen LogP contribution in [0.4, 0.5) is 5.69 Å². The molecule has 2 unspecified atom stereocenters. The van der Waals surface area contributed by atoms with Gasteiger partial charge >= 0.3 is 5.97 Å². The van der Waals surface area contributed by atoms with E-state index in [0.29, 0.717) is 22.1 Å². The van der Waals surface area contributed by atoms with Crippen molar-refractivity contribution in [3.63, 3.8) is 0 Å². The normalized spacial score (nSPS) is 26.6. The van der Waals surface area contributed by atoms with Crippen LogP contribution < -0.4 is 4.90 Å². The second kappa shape index (κ2) is 5.37. The maximum atomic E-state index is 11.1. The molecule has 2 fully saturated rings. The minimum absolute atomic E-state index is 0.321. The number of likely N-dealkylation sites (N-methyl/N-ethyl adjacent to an activating group) is 1. The molecule has 5 heteroatoms. The molecule has 2 atom stereocenters. The summed E-state index contributed by atoms with van der Waals surface area (Å²) in [4.78, 5) is 16.0. The van der Waals surface area contributed by atoms with E-state index in [1.807, 2.05) is 12.1 Å². The first-order valence-electron chi connectivity index (χ1n) is 7.06. The summed E-state index contributed by atoms with van der Waals surface area (Å²) < 4.78 is 0.658. The molecule has 4 nitrogen and oxygen atoms in total. The van der Waals surface area contributed by atoms with E-state index in [0.717, 1.165) is 18.8 Å². The van der Waals surface area contributed by atoms with Crippen LogP contribution in [0.1, 0.15) is 29.6 Å². The van der Waals surface area contributed by atoms with Gasteiger partial charge in [0, 0.05) is 35.3 Å². The van der Waals surface area contributed by atoms with E-state index in [-0.39, 0.29) is 0 Å². The third-order valence-corrected chi connectivity index (χ3v) is 5.35. The molecule has 108 valence electrons. The lowest BCUT2D eigenvalue weighted by Gasteiger charge is -2.28. The highest BCUT2D eigenvalue weighted by Gasteiger charge is 2.34. The van der Waals surface area contributed by atoms with E-state index < -0.39 is 5.97 Å². The first-order valence-corrected chi connectivity index (χ1v) is 7.85. The minimum atomic E-state index is -0.891. The zero-order chi connectivity index (χ0) is 14.3. The van der Waals surface area contributed by atoms with E-state index in [9.17, 15) is 4.79 Å². The maximum Gasteiger partial charge on any atom is 0.336 e. The lowest BCUT2D eigenvalue weighted by molar-refractivity contribution is 0.0696. The smallest absolute Gasteiger partial charge is 0.336 e. The predicted molar refractivity (Wildman–Crippen MR) is 82.5 cm³/mol. The van der Waals surface area contributed by atoms with Crippen LogP contribution in [0.3, 0.4) is 0 Å². The summed E-state index contributed by atoms with van der Waals surface area (Å²) >= 11 is 3.37. The molecular formula is C15H19BrN2O2. The monoisotopic (exact) mass is 338 g/mol. The fraction of sp³-hybridized carbons (Fsp3) is 0.533. The third kappa shape index (κ3) is 2.44. The fourth-order valence-electron chi connectivity index (χ4n) is 3.42. The van der Waals surface area contributed by atoms with Crippen LogP contribution in [0.15, 0.2) is 22.7 Å². The number of fused-ring (bicyclic) bond motifs is 2. The number of anilines is 1. The highest BCUT2D eigenvalue weighted by Crippen LogP contribution is 2.32. The van der Waals surface area contributed by atoms with Gasteiger partial charge < -0.3 is 10.0 Å². The van der Waals surface area contributed by atoms with Crippen molar-refractivity contribution in [3.8, 4) is 0 Å². The van der Waals surface area contributed by atoms with Crippen LogP contribution in [0.5, 0.6) is 0 Å². The molecule has 0 aliphatic carbocycles. The van der Waals surface area contributed by atoms with Gasteiger partial charge in [-0.3, -0.25) is 4.90 Å². The van der Waals surface area contributed by atoms with Gasteiger partial charge in [0.05, 0.1) is 5.56 Å². The number of carboxylic acids is 1. The number of hydrogen-bond donors (Lipinski definition) is 1. The highest BCUT2D eigenvalue weighted by atomic mass is 79.9. The number of nitrogens with zero attached hydrogens (tertiary/aromatic N) is 2. The average Bonchev–Trinajstić information content (AvgIpc) is 2.62. The van der Waals surface area contributed by atoms with Crippen LogP contribution in [-0.4, -0.2) is 48.2 Å². The Bertz CT molecular complexity index is 535. The molecule has 0 spiro atoms. The van der Waals surface area contributed by atoms with Gasteiger partial charge in [0.2, 0.25) is 0 Å². The van der Waals surface area contributed by atoms with Crippen molar-refractivity contribution in [2.75, 3.05) is 25.0 Å². The number of carbonyl (C=O) groups is 1. The molecule has 3 rings (SSSR count). The first-order chi connectivity index (χ1) is 9.56. The van der Waals surface area contributed by atoms with E-state index in [2.05, 4.69) is 32.8 Å². The minimum Gasteiger partial charge on any atom is -0.478 e. The zero-order valence-electron chi connectivity index (χ0n) is 11.6. The van der Waals surface area contributed by atoms with Gasteiger partial charge in [-0.25, -0.2) is 4.79 Å². The van der Waals surface area contributed by atoms with Crippen molar-refractivity contribution in [2.45, 2.75) is 31.3 Å². The number of benzene rings is 1. The number of carboxylic acid groups (broad SMARTS) is 1. The highest BCUT2D eigenvalue weighted by molar-refractivity contribution is 9.10. The summed E-state index contributed by atoms with van der Waals surface area (Å²) in [6, 6.07) is 6.89. The molecule has 2 bridgehead atoms. The van der Waals surface area contributed by atoms with Gasteiger partial charge in [0.1, 0.15) is 0 Å². The Morgan fingerprint density at radius 2 is 2.05 bits per heavy atom. The Labute approximate surface area is 127 Å². The Balaban J connectivity index is 1.83. The molecule has 1 aromatic rings. The van der Waals surface area contributed by atoms with Gasteiger partial charge in [-0.05, 0) is 60.4 Å². The SMILES string of the molecule is CN1C2CCC1CN(c1ccc(C(=O)O)c(Br)c1)CC2. The van der Waals surface area contributed by atoms with Crippen molar-refractivity contribution in [1.82, 2.24) is 4.90 Å². The van der Waals surface area contributed by atoms with Gasteiger partial charge in [0.25, 0.3) is 0 Å². The Morgan fingerprint density at radius 3 is 2.75 bits per heavy atom. The molecule has 0 aromatic heterocycles. The van der Waals surface area contributed by atoms with Crippen molar-refractivity contribution in [1.29, 1.82) is 0 Å². The fourth-order valence-corrected chi connectivity index (χ4v) is 3.95. The van der Waals surface area contributed by atoms with Crippen LogP contribution in [-0.2, 0) is 0 Å². The molecule has 1 aromatic carbocycles. The summed E-state index contributed by atoms with van der Waals surface area (Å²) in [6.45, 7) is 2.08. The van der Waals surface area contributed by atoms with Crippen LogP contribution >= 0.6 is 15.9 Å². The number of rotatable bonds is 2. The summed E-state index contributed by atoms with van der Waals surface area (Å²) in [5.74, 6) is -0.891. The maximum absolute atomic E-state index is 11.1. The van der Waals surface area contributed by atoms with Gasteiger partial charge in [-0.2, -0.15) is 0 Å². The van der Waals surface area contributed by atoms with Crippen molar-refractivity contribution in [2.24, 2.45) is 0 Å². The summed E-state index contributed by atoms with van der Waals surface area (Å²) in [6.07, 6.45) is 3.77. The molecule has 0 saturated carbocycles. The standard InChI is InChI=1S/C15H19BrN2O2/c1-17-10-2-3-12(17)9-18(7-6-10)11-4-5-13(15(19)20)14(16)8-11/h4-5,8,10,12H,2-3,6-7,9H2,1H3,(H,19,20). The molecule has 2 saturated heterocycles. The molecule has 20 heavy (non-hydrogen) atoms. The lowest BCUT2D eigenvalue weighted by Crippen LogP contribution is -2.36. The number of halogens is 1. The first kappa shape index (κ1) is 13.9. The number of hydrogen-bond acceptors (Lipinski definition) is 3. The largest absolute Gasteiger partial charge is 0.478 e. The topological polar surface area (TPSA) is 43.8 Å². The van der Waals surface area contributed by atoms with Crippen LogP contribution in [0, 0.1) is 0 Å². The van der Waals surface area contributed by atoms with E-state index in [4.69, 9.17) is 5.11 Å². The van der Waals surface area contributed by atoms with Crippen LogP contribution in [0.25, 0.3) is 0 Å². The average molecular weight is 339 g/mol. The molecule has 1 N–H and O–H groups in total. The summed E-state index contributed by atoms with van der Waals surface area (Å²) in [7, 11) is 2.23. The Kier molecular flexibility index (Phi) is 3.73. The van der Waals surface area contributed by atoms with E-state index in [1.165, 1.54) is 19.3 Å². The molecule has 2 aliphatic heterocycles. The van der Waals surface area contributed by atoms with E-state index >= 15 is 0 Å². The lowest BCUT2D eigenvalue weighted by atomic mass is 10.1. The van der Waals surface area contributed by atoms with Gasteiger partial charge in [-0.15, -0.1) is 0 Å². The molecule has 0 radical (unpaired) electrons. The predicted octanol–water partition coefficient (Wildman–Crippen LogP) is 2.82. The van der Waals surface area contributed by atoms with Crippen molar-refractivity contribution >= 4 is 27.6 Å². The Morgan fingerprint density at radius 1 is 1.30 bits per heavy atom. The zero-order valence-corrected chi connectivity index (χ0v) is 13.1. The molecular weight excluding hydrogens is 320 g/mol. The van der Waals surface area contributed by atoms with Crippen molar-refractivity contribution < 1.29 is 9.90 Å². The van der Waals surface area contributed by atoms with Crippen molar-refractivity contribution in [3.05, 3.63) is 28.2 Å². The second-order valence-electron chi connectivity index (χ2n) is 5.75. The van der Waals surface area contributed by atoms with Gasteiger partial charge in [-0.1, -0.05) is 0 Å². The Hall–Kier alpha value is -1.07. The molecule has 0 amide bonds. The quantitative estimate of drug-likeness (QED) is 0.900. The molecule has 2 aliphatic rings. The summed E-state index contributed by atoms with van der Waals surface area (Å²) in [5.41, 5.74) is 1.44. The molecule has 2 heterocycles. The van der Waals surface area contributed by atoms with Crippen LogP contribution in [0.2, 0.25) is 0 Å². The third-order valence-electron chi connectivity index (χ3n) is 4.70. The second-order valence-corrected chi connectivity index (χ2v) is 6.61.